The predicted octanol–water partition coefficient (Wildman–Crippen LogP) is 1.54. The highest BCUT2D eigenvalue weighted by Gasteiger charge is 2.34. The smallest absolute Gasteiger partial charge is 0.274 e. The van der Waals surface area contributed by atoms with Gasteiger partial charge in [0.05, 0.1) is 19.0 Å². The zero-order valence-electron chi connectivity index (χ0n) is 17.4. The molecule has 152 valence electrons. The molecule has 2 N–H and O–H groups in total. The Hall–Kier alpha value is -2.86. The highest BCUT2D eigenvalue weighted by Crippen LogP contribution is 2.19. The largest absolute Gasteiger partial charge is 0.467 e. The number of aromatic amines is 1. The Morgan fingerprint density at radius 2 is 2.00 bits per heavy atom. The average molecular weight is 395 g/mol. The Bertz CT molecular complexity index is 954. The SMILES string of the molecule is Cc1cc(C(=O)[C@@H](C)[NH+]2CCN(c3cccc[nH+]3)CC2)c(C)n1Cc1ccco1. The minimum Gasteiger partial charge on any atom is -0.467 e. The topological polar surface area (TPSA) is 57.0 Å². The van der Waals surface area contributed by atoms with Gasteiger partial charge in [-0.2, -0.15) is 0 Å². The first-order valence-electron chi connectivity index (χ1n) is 10.3. The summed E-state index contributed by atoms with van der Waals surface area (Å²) >= 11 is 0. The summed E-state index contributed by atoms with van der Waals surface area (Å²) in [6.07, 6.45) is 3.65. The van der Waals surface area contributed by atoms with E-state index >= 15 is 0 Å². The van der Waals surface area contributed by atoms with Crippen molar-refractivity contribution in [2.24, 2.45) is 0 Å². The van der Waals surface area contributed by atoms with Gasteiger partial charge in [0.2, 0.25) is 5.78 Å². The molecule has 3 aromatic heterocycles. The first kappa shape index (κ1) is 19.5. The van der Waals surface area contributed by atoms with Crippen LogP contribution in [0.5, 0.6) is 0 Å². The van der Waals surface area contributed by atoms with E-state index in [1.165, 1.54) is 4.90 Å². The lowest BCUT2D eigenvalue weighted by atomic mass is 10.0. The summed E-state index contributed by atoms with van der Waals surface area (Å²) in [5, 5.41) is 0. The van der Waals surface area contributed by atoms with Crippen LogP contribution in [0.3, 0.4) is 0 Å². The maximum atomic E-state index is 13.3. The second kappa shape index (κ2) is 8.25. The number of Topliss-reactive ketones (excluding diaryl/α,β-unsaturated/α-hetero) is 1. The van der Waals surface area contributed by atoms with Gasteiger partial charge in [0.15, 0.2) is 0 Å². The molecular weight excluding hydrogens is 364 g/mol. The number of piperazine rings is 1. The van der Waals surface area contributed by atoms with Gasteiger partial charge in [-0.15, -0.1) is 0 Å². The number of H-pyrrole nitrogens is 1. The summed E-state index contributed by atoms with van der Waals surface area (Å²) in [6, 6.07) is 12.0. The van der Waals surface area contributed by atoms with Gasteiger partial charge in [0.25, 0.3) is 5.82 Å². The lowest BCUT2D eigenvalue weighted by Gasteiger charge is -2.31. The highest BCUT2D eigenvalue weighted by molar-refractivity contribution is 6.00. The maximum absolute atomic E-state index is 13.3. The van der Waals surface area contributed by atoms with E-state index in [2.05, 4.69) is 40.4 Å². The molecule has 0 amide bonds. The molecule has 0 spiro atoms. The molecule has 4 heterocycles. The molecule has 6 heteroatoms. The molecule has 1 atom stereocenters. The second-order valence-electron chi connectivity index (χ2n) is 7.93. The van der Waals surface area contributed by atoms with E-state index in [1.807, 2.05) is 37.4 Å². The van der Waals surface area contributed by atoms with E-state index in [-0.39, 0.29) is 11.8 Å². The summed E-state index contributed by atoms with van der Waals surface area (Å²) in [5.41, 5.74) is 2.95. The van der Waals surface area contributed by atoms with Crippen LogP contribution in [0.25, 0.3) is 0 Å². The fourth-order valence-electron chi connectivity index (χ4n) is 4.32. The standard InChI is InChI=1S/C23H28N4O2/c1-17-15-21(18(2)27(17)16-20-7-6-14-29-20)23(28)19(3)25-10-12-26(13-11-25)22-8-4-5-9-24-22/h4-9,14-15,19H,10-13,16H2,1-3H3/p+2/t19-/m1/s1. The first-order chi connectivity index (χ1) is 14.0. The molecular formula is C23H30N4O2+2. The first-order valence-corrected chi connectivity index (χ1v) is 10.3. The summed E-state index contributed by atoms with van der Waals surface area (Å²) in [5.74, 6) is 2.28. The van der Waals surface area contributed by atoms with E-state index in [9.17, 15) is 4.79 Å². The lowest BCUT2D eigenvalue weighted by molar-refractivity contribution is -0.914. The molecule has 0 aromatic carbocycles. The summed E-state index contributed by atoms with van der Waals surface area (Å²) < 4.78 is 7.65. The summed E-state index contributed by atoms with van der Waals surface area (Å²) in [4.78, 5) is 20.3. The minimum absolute atomic E-state index is 0.0468. The number of aryl methyl sites for hydroxylation is 1. The van der Waals surface area contributed by atoms with Crippen LogP contribution in [0.4, 0.5) is 5.82 Å². The fraction of sp³-hybridized carbons (Fsp3) is 0.391. The van der Waals surface area contributed by atoms with Crippen LogP contribution in [0.2, 0.25) is 0 Å². The number of carbonyl (C=O) groups excluding carboxylic acids is 1. The monoisotopic (exact) mass is 394 g/mol. The van der Waals surface area contributed by atoms with Crippen LogP contribution < -0.4 is 14.8 Å². The number of ketones is 1. The number of quaternary nitrogens is 1. The predicted molar refractivity (Wildman–Crippen MR) is 111 cm³/mol. The molecule has 0 radical (unpaired) electrons. The van der Waals surface area contributed by atoms with Crippen molar-refractivity contribution in [3.8, 4) is 0 Å². The van der Waals surface area contributed by atoms with Crippen LogP contribution in [0, 0.1) is 13.8 Å². The van der Waals surface area contributed by atoms with Gasteiger partial charge in [-0.1, -0.05) is 6.07 Å². The van der Waals surface area contributed by atoms with Crippen molar-refractivity contribution in [1.29, 1.82) is 0 Å². The van der Waals surface area contributed by atoms with Crippen molar-refractivity contribution >= 4 is 11.6 Å². The molecule has 1 aliphatic heterocycles. The number of carbonyl (C=O) groups is 1. The highest BCUT2D eigenvalue weighted by atomic mass is 16.3. The molecule has 0 bridgehead atoms. The Kier molecular flexibility index (Phi) is 5.53. The van der Waals surface area contributed by atoms with Gasteiger partial charge in [0.1, 0.15) is 38.0 Å². The molecule has 4 rings (SSSR count). The lowest BCUT2D eigenvalue weighted by Crippen LogP contribution is -3.18. The van der Waals surface area contributed by atoms with Gasteiger partial charge in [-0.05, 0) is 45.0 Å². The molecule has 1 saturated heterocycles. The van der Waals surface area contributed by atoms with Crippen molar-refractivity contribution in [2.45, 2.75) is 33.4 Å². The van der Waals surface area contributed by atoms with Crippen LogP contribution in [0.15, 0.2) is 53.3 Å². The molecule has 29 heavy (non-hydrogen) atoms. The van der Waals surface area contributed by atoms with Crippen molar-refractivity contribution in [2.75, 3.05) is 31.1 Å². The van der Waals surface area contributed by atoms with Crippen LogP contribution in [0.1, 0.15) is 34.4 Å². The number of hydrogen-bond acceptors (Lipinski definition) is 3. The number of aromatic nitrogens is 2. The van der Waals surface area contributed by atoms with Crippen LogP contribution in [-0.2, 0) is 6.54 Å². The van der Waals surface area contributed by atoms with Crippen LogP contribution in [-0.4, -0.2) is 42.6 Å². The van der Waals surface area contributed by atoms with Crippen LogP contribution >= 0.6 is 0 Å². The number of rotatable bonds is 6. The Balaban J connectivity index is 1.43. The molecule has 6 nitrogen and oxygen atoms in total. The third kappa shape index (κ3) is 3.98. The molecule has 1 fully saturated rings. The number of hydrogen-bond donors (Lipinski definition) is 1. The number of anilines is 1. The zero-order chi connectivity index (χ0) is 20.4. The number of nitrogens with one attached hydrogen (secondary N) is 2. The minimum atomic E-state index is -0.0468. The van der Waals surface area contributed by atoms with Crippen molar-refractivity contribution in [3.63, 3.8) is 0 Å². The molecule has 0 aliphatic carbocycles. The fourth-order valence-corrected chi connectivity index (χ4v) is 4.32. The van der Waals surface area contributed by atoms with E-state index < -0.39 is 0 Å². The number of furan rings is 1. The van der Waals surface area contributed by atoms with Gasteiger partial charge >= 0.3 is 0 Å². The maximum Gasteiger partial charge on any atom is 0.274 e. The van der Waals surface area contributed by atoms with Crippen molar-refractivity contribution in [3.05, 3.63) is 71.6 Å². The van der Waals surface area contributed by atoms with Gasteiger partial charge in [0, 0.05) is 23.0 Å². The summed E-state index contributed by atoms with van der Waals surface area (Å²) in [6.45, 7) is 10.6. The van der Waals surface area contributed by atoms with E-state index in [4.69, 9.17) is 4.42 Å². The molecule has 0 unspecified atom stereocenters. The van der Waals surface area contributed by atoms with E-state index in [1.54, 1.807) is 6.26 Å². The third-order valence-corrected chi connectivity index (χ3v) is 6.18. The van der Waals surface area contributed by atoms with E-state index in [0.29, 0.717) is 6.54 Å². The van der Waals surface area contributed by atoms with Gasteiger partial charge in [-0.3, -0.25) is 9.69 Å². The zero-order valence-corrected chi connectivity index (χ0v) is 17.4. The molecule has 1 aliphatic rings. The second-order valence-corrected chi connectivity index (χ2v) is 7.93. The number of pyridine rings is 1. The third-order valence-electron chi connectivity index (χ3n) is 6.18. The Labute approximate surface area is 171 Å². The van der Waals surface area contributed by atoms with Crippen molar-refractivity contribution in [1.82, 2.24) is 4.57 Å². The summed E-state index contributed by atoms with van der Waals surface area (Å²) in [7, 11) is 0. The quantitative estimate of drug-likeness (QED) is 0.645. The van der Waals surface area contributed by atoms with E-state index in [0.717, 1.165) is 54.7 Å². The molecule has 3 aromatic rings. The Morgan fingerprint density at radius 1 is 1.21 bits per heavy atom. The Morgan fingerprint density at radius 3 is 2.66 bits per heavy atom. The molecule has 0 saturated carbocycles. The average Bonchev–Trinajstić information content (AvgIpc) is 3.37. The van der Waals surface area contributed by atoms with Gasteiger partial charge in [-0.25, -0.2) is 4.98 Å². The number of nitrogens with zero attached hydrogens (tertiary/aromatic N) is 2. The van der Waals surface area contributed by atoms with Crippen molar-refractivity contribution < 1.29 is 19.1 Å². The van der Waals surface area contributed by atoms with Gasteiger partial charge < -0.3 is 13.9 Å². The normalized spacial score (nSPS) is 16.2.